The van der Waals surface area contributed by atoms with Crippen molar-refractivity contribution in [2.45, 2.75) is 102 Å². The Balaban J connectivity index is 1.52. The van der Waals surface area contributed by atoms with E-state index in [1.54, 1.807) is 0 Å². The molecule has 1 aliphatic heterocycles. The lowest BCUT2D eigenvalue weighted by Crippen LogP contribution is -2.49. The predicted molar refractivity (Wildman–Crippen MR) is 125 cm³/mol. The minimum atomic E-state index is -0.431. The van der Waals surface area contributed by atoms with E-state index in [-0.39, 0.29) is 36.3 Å². The van der Waals surface area contributed by atoms with E-state index in [0.29, 0.717) is 0 Å². The standard InChI is InChI=1S/C25H36N4O3/c1-17-13-15-19(16-14-17)22-18(2)29(24(31)27-21-11-7-4-8-12-21)25(32-22)28-23(30)26-20-9-5-3-6-10-20/h13-16,18,20-22H,3-12H2,1-2H3,(H,26,30)(H,27,31)/b28-25+. The minimum absolute atomic E-state index is 0.0877. The molecule has 2 atom stereocenters. The lowest BCUT2D eigenvalue weighted by Gasteiger charge is -2.27. The average molecular weight is 441 g/mol. The molecule has 1 aromatic rings. The highest BCUT2D eigenvalue weighted by Gasteiger charge is 2.43. The van der Waals surface area contributed by atoms with Gasteiger partial charge in [-0.25, -0.2) is 14.5 Å². The summed E-state index contributed by atoms with van der Waals surface area (Å²) in [5.41, 5.74) is 2.13. The molecule has 3 fully saturated rings. The third kappa shape index (κ3) is 5.43. The van der Waals surface area contributed by atoms with Crippen molar-refractivity contribution in [1.29, 1.82) is 0 Å². The van der Waals surface area contributed by atoms with Gasteiger partial charge in [0.2, 0.25) is 0 Å². The molecule has 4 amide bonds. The Morgan fingerprint density at radius 2 is 1.47 bits per heavy atom. The zero-order valence-electron chi connectivity index (χ0n) is 19.3. The van der Waals surface area contributed by atoms with Gasteiger partial charge in [0.25, 0.3) is 0 Å². The summed E-state index contributed by atoms with van der Waals surface area (Å²) in [5.74, 6) is 0. The number of ether oxygens (including phenoxy) is 1. The second-order valence-electron chi connectivity index (χ2n) is 9.52. The molecule has 2 saturated carbocycles. The van der Waals surface area contributed by atoms with Crippen molar-refractivity contribution in [2.75, 3.05) is 0 Å². The summed E-state index contributed by atoms with van der Waals surface area (Å²) in [6.45, 7) is 3.99. The van der Waals surface area contributed by atoms with Gasteiger partial charge in [-0.1, -0.05) is 68.4 Å². The average Bonchev–Trinajstić information content (AvgIpc) is 3.11. The van der Waals surface area contributed by atoms with Crippen molar-refractivity contribution in [3.63, 3.8) is 0 Å². The highest BCUT2D eigenvalue weighted by Crippen LogP contribution is 2.33. The molecule has 2 unspecified atom stereocenters. The smallest absolute Gasteiger partial charge is 0.345 e. The number of rotatable bonds is 3. The second kappa shape index (κ2) is 10.4. The molecule has 7 heteroatoms. The van der Waals surface area contributed by atoms with Crippen LogP contribution in [0.15, 0.2) is 29.3 Å². The number of carbonyl (C=O) groups is 2. The summed E-state index contributed by atoms with van der Waals surface area (Å²) in [7, 11) is 0. The molecule has 32 heavy (non-hydrogen) atoms. The molecule has 3 aliphatic rings. The first kappa shape index (κ1) is 22.6. The Morgan fingerprint density at radius 3 is 2.06 bits per heavy atom. The van der Waals surface area contributed by atoms with Crippen molar-refractivity contribution in [2.24, 2.45) is 4.99 Å². The first-order chi connectivity index (χ1) is 15.5. The van der Waals surface area contributed by atoms with Crippen LogP contribution in [0.5, 0.6) is 0 Å². The van der Waals surface area contributed by atoms with Gasteiger partial charge in [0.05, 0.1) is 6.04 Å². The number of urea groups is 2. The number of nitrogens with zero attached hydrogens (tertiary/aromatic N) is 2. The Bertz CT molecular complexity index is 826. The SMILES string of the molecule is Cc1ccc(C2O/C(=N/C(=O)NC3CCCCC3)N(C(=O)NC3CCCCC3)C2C)cc1. The van der Waals surface area contributed by atoms with Gasteiger partial charge < -0.3 is 15.4 Å². The molecule has 1 aromatic carbocycles. The summed E-state index contributed by atoms with van der Waals surface area (Å²) < 4.78 is 6.14. The van der Waals surface area contributed by atoms with Gasteiger partial charge in [0.15, 0.2) is 0 Å². The molecule has 7 nitrogen and oxygen atoms in total. The van der Waals surface area contributed by atoms with E-state index in [4.69, 9.17) is 4.74 Å². The molecule has 0 bridgehead atoms. The number of nitrogens with one attached hydrogen (secondary N) is 2. The van der Waals surface area contributed by atoms with Gasteiger partial charge in [0, 0.05) is 12.1 Å². The fourth-order valence-corrected chi connectivity index (χ4v) is 5.06. The maximum atomic E-state index is 13.3. The van der Waals surface area contributed by atoms with Crippen molar-refractivity contribution in [1.82, 2.24) is 15.5 Å². The van der Waals surface area contributed by atoms with Gasteiger partial charge in [-0.05, 0) is 45.1 Å². The molecule has 2 aliphatic carbocycles. The summed E-state index contributed by atoms with van der Waals surface area (Å²) in [6.07, 6.45) is 10.5. The second-order valence-corrected chi connectivity index (χ2v) is 9.52. The van der Waals surface area contributed by atoms with Crippen molar-refractivity contribution in [3.8, 4) is 0 Å². The maximum absolute atomic E-state index is 13.3. The Hall–Kier alpha value is -2.57. The van der Waals surface area contributed by atoms with E-state index < -0.39 is 6.03 Å². The quantitative estimate of drug-likeness (QED) is 0.678. The predicted octanol–water partition coefficient (Wildman–Crippen LogP) is 5.20. The fraction of sp³-hybridized carbons (Fsp3) is 0.640. The van der Waals surface area contributed by atoms with E-state index in [2.05, 4.69) is 15.6 Å². The summed E-state index contributed by atoms with van der Waals surface area (Å²) in [5, 5.41) is 6.15. The van der Waals surface area contributed by atoms with Crippen LogP contribution in [0, 0.1) is 6.92 Å². The zero-order chi connectivity index (χ0) is 22.5. The fourth-order valence-electron chi connectivity index (χ4n) is 5.06. The van der Waals surface area contributed by atoms with Gasteiger partial charge in [-0.2, -0.15) is 0 Å². The molecule has 0 radical (unpaired) electrons. The minimum Gasteiger partial charge on any atom is -0.454 e. The van der Waals surface area contributed by atoms with Crippen LogP contribution in [-0.2, 0) is 4.74 Å². The zero-order valence-corrected chi connectivity index (χ0v) is 19.3. The van der Waals surface area contributed by atoms with Gasteiger partial charge >= 0.3 is 18.1 Å². The number of hydrogen-bond acceptors (Lipinski definition) is 3. The van der Waals surface area contributed by atoms with E-state index in [9.17, 15) is 9.59 Å². The van der Waals surface area contributed by atoms with Gasteiger partial charge in [0.1, 0.15) is 6.10 Å². The number of aryl methyl sites for hydroxylation is 1. The highest BCUT2D eigenvalue weighted by atomic mass is 16.5. The van der Waals surface area contributed by atoms with Crippen molar-refractivity contribution < 1.29 is 14.3 Å². The van der Waals surface area contributed by atoms with Crippen LogP contribution in [-0.4, -0.2) is 41.1 Å². The van der Waals surface area contributed by atoms with Crippen LogP contribution in [0.25, 0.3) is 0 Å². The molecule has 1 saturated heterocycles. The molecular weight excluding hydrogens is 404 g/mol. The molecule has 174 valence electrons. The third-order valence-electron chi connectivity index (χ3n) is 6.97. The summed E-state index contributed by atoms with van der Waals surface area (Å²) in [6, 6.07) is 7.55. The topological polar surface area (TPSA) is 83.0 Å². The molecule has 0 aromatic heterocycles. The molecular formula is C25H36N4O3. The van der Waals surface area contributed by atoms with Crippen LogP contribution in [0.1, 0.15) is 88.4 Å². The monoisotopic (exact) mass is 440 g/mol. The summed E-state index contributed by atoms with van der Waals surface area (Å²) >= 11 is 0. The lowest BCUT2D eigenvalue weighted by molar-refractivity contribution is 0.188. The van der Waals surface area contributed by atoms with E-state index in [0.717, 1.165) is 62.5 Å². The van der Waals surface area contributed by atoms with Crippen LogP contribution < -0.4 is 10.6 Å². The third-order valence-corrected chi connectivity index (χ3v) is 6.97. The molecule has 2 N–H and O–H groups in total. The van der Waals surface area contributed by atoms with Crippen LogP contribution in [0.3, 0.4) is 0 Å². The van der Waals surface area contributed by atoms with E-state index >= 15 is 0 Å². The van der Waals surface area contributed by atoms with Gasteiger partial charge in [-0.3, -0.25) is 0 Å². The van der Waals surface area contributed by atoms with E-state index in [1.807, 2.05) is 38.1 Å². The van der Waals surface area contributed by atoms with Crippen LogP contribution in [0.4, 0.5) is 9.59 Å². The number of amidine groups is 1. The normalized spacial score (nSPS) is 26.1. The Labute approximate surface area is 191 Å². The molecule has 1 heterocycles. The first-order valence-corrected chi connectivity index (χ1v) is 12.2. The van der Waals surface area contributed by atoms with Gasteiger partial charge in [-0.15, -0.1) is 4.99 Å². The van der Waals surface area contributed by atoms with E-state index in [1.165, 1.54) is 17.7 Å². The Kier molecular flexibility index (Phi) is 7.33. The molecule has 0 spiro atoms. The largest absolute Gasteiger partial charge is 0.454 e. The number of aliphatic imine (C=N–C) groups is 1. The Morgan fingerprint density at radius 1 is 0.906 bits per heavy atom. The number of hydrogen-bond donors (Lipinski definition) is 2. The maximum Gasteiger partial charge on any atom is 0.345 e. The molecule has 4 rings (SSSR count). The van der Waals surface area contributed by atoms with Crippen LogP contribution in [0.2, 0.25) is 0 Å². The number of carbonyl (C=O) groups excluding carboxylic acids is 2. The first-order valence-electron chi connectivity index (χ1n) is 12.2. The summed E-state index contributed by atoms with van der Waals surface area (Å²) in [4.78, 5) is 31.7. The highest BCUT2D eigenvalue weighted by molar-refractivity contribution is 6.00. The number of benzene rings is 1. The van der Waals surface area contributed by atoms with Crippen molar-refractivity contribution >= 4 is 18.1 Å². The number of amides is 4. The van der Waals surface area contributed by atoms with Crippen molar-refractivity contribution in [3.05, 3.63) is 35.4 Å². The van der Waals surface area contributed by atoms with Crippen LogP contribution >= 0.6 is 0 Å². The lowest BCUT2D eigenvalue weighted by atomic mass is 9.95.